The van der Waals surface area contributed by atoms with Gasteiger partial charge in [0.1, 0.15) is 11.9 Å². The van der Waals surface area contributed by atoms with Crippen LogP contribution in [0, 0.1) is 0 Å². The van der Waals surface area contributed by atoms with Crippen LogP contribution in [0.5, 0.6) is 0 Å². The fraction of sp³-hybridized carbons (Fsp3) is 0.500. The van der Waals surface area contributed by atoms with E-state index in [1.54, 1.807) is 14.2 Å². The van der Waals surface area contributed by atoms with Gasteiger partial charge in [-0.05, 0) is 43.1 Å². The van der Waals surface area contributed by atoms with Gasteiger partial charge in [0, 0.05) is 7.11 Å². The van der Waals surface area contributed by atoms with Crippen LogP contribution in [0.2, 0.25) is 0 Å². The van der Waals surface area contributed by atoms with Gasteiger partial charge in [0.2, 0.25) is 0 Å². The molecule has 1 aliphatic rings. The molecule has 1 rings (SSSR count). The molecule has 0 N–H and O–H groups in total. The highest BCUT2D eigenvalue weighted by molar-refractivity contribution is 5.51. The molecule has 0 amide bonds. The van der Waals surface area contributed by atoms with Crippen LogP contribution >= 0.6 is 0 Å². The maximum Gasteiger partial charge on any atom is 0.125 e. The van der Waals surface area contributed by atoms with E-state index in [4.69, 9.17) is 9.47 Å². The molecule has 0 fully saturated rings. The van der Waals surface area contributed by atoms with E-state index < -0.39 is 0 Å². The Labute approximate surface area is 85.9 Å². The van der Waals surface area contributed by atoms with Gasteiger partial charge < -0.3 is 9.47 Å². The van der Waals surface area contributed by atoms with Crippen molar-refractivity contribution in [1.29, 1.82) is 0 Å². The minimum absolute atomic E-state index is 0.00824. The molecule has 78 valence electrons. The Morgan fingerprint density at radius 1 is 1.07 bits per heavy atom. The van der Waals surface area contributed by atoms with E-state index in [0.717, 1.165) is 22.5 Å². The van der Waals surface area contributed by atoms with Crippen LogP contribution in [0.15, 0.2) is 34.6 Å². The van der Waals surface area contributed by atoms with Crippen molar-refractivity contribution < 1.29 is 9.47 Å². The molecule has 1 unspecified atom stereocenters. The standard InChI is InChI=1S/C12H18O2/c1-7-8(2)12(14-6)10(4)9(3)11(7)13-5/h11H,1H2,2-6H3. The predicted molar refractivity (Wildman–Crippen MR) is 58.0 cm³/mol. The van der Waals surface area contributed by atoms with Gasteiger partial charge in [0.15, 0.2) is 0 Å². The molecule has 0 bridgehead atoms. The normalized spacial score (nSPS) is 23.2. The summed E-state index contributed by atoms with van der Waals surface area (Å²) < 4.78 is 10.8. The van der Waals surface area contributed by atoms with Crippen molar-refractivity contribution in [3.8, 4) is 0 Å². The third kappa shape index (κ3) is 1.50. The molecule has 1 aliphatic carbocycles. The van der Waals surface area contributed by atoms with Crippen LogP contribution in [-0.2, 0) is 9.47 Å². The van der Waals surface area contributed by atoms with Crippen molar-refractivity contribution in [2.75, 3.05) is 14.2 Å². The maximum absolute atomic E-state index is 5.40. The molecule has 0 saturated heterocycles. The topological polar surface area (TPSA) is 18.5 Å². The average molecular weight is 194 g/mol. The molecule has 0 spiro atoms. The van der Waals surface area contributed by atoms with Gasteiger partial charge in [-0.3, -0.25) is 0 Å². The second-order valence-electron chi connectivity index (χ2n) is 3.61. The fourth-order valence-electron chi connectivity index (χ4n) is 1.89. The second-order valence-corrected chi connectivity index (χ2v) is 3.61. The number of hydrogen-bond acceptors (Lipinski definition) is 2. The largest absolute Gasteiger partial charge is 0.496 e. The Morgan fingerprint density at radius 2 is 1.64 bits per heavy atom. The number of ether oxygens (including phenoxy) is 2. The number of allylic oxidation sites excluding steroid dienone is 1. The van der Waals surface area contributed by atoms with Gasteiger partial charge in [-0.1, -0.05) is 6.58 Å². The minimum Gasteiger partial charge on any atom is -0.496 e. The lowest BCUT2D eigenvalue weighted by atomic mass is 9.87. The van der Waals surface area contributed by atoms with E-state index >= 15 is 0 Å². The highest BCUT2D eigenvalue weighted by Crippen LogP contribution is 2.34. The zero-order chi connectivity index (χ0) is 10.9. The lowest BCUT2D eigenvalue weighted by Gasteiger charge is -2.28. The van der Waals surface area contributed by atoms with Crippen LogP contribution in [-0.4, -0.2) is 20.3 Å². The van der Waals surface area contributed by atoms with Crippen molar-refractivity contribution in [2.24, 2.45) is 0 Å². The molecular weight excluding hydrogens is 176 g/mol. The lowest BCUT2D eigenvalue weighted by molar-refractivity contribution is 0.156. The van der Waals surface area contributed by atoms with Gasteiger partial charge >= 0.3 is 0 Å². The molecule has 0 heterocycles. The van der Waals surface area contributed by atoms with E-state index in [2.05, 4.69) is 20.4 Å². The zero-order valence-corrected chi connectivity index (χ0v) is 9.60. The molecule has 0 saturated carbocycles. The average Bonchev–Trinajstić information content (AvgIpc) is 2.17. The summed E-state index contributed by atoms with van der Waals surface area (Å²) in [5.41, 5.74) is 4.42. The van der Waals surface area contributed by atoms with Crippen molar-refractivity contribution >= 4 is 0 Å². The van der Waals surface area contributed by atoms with Crippen LogP contribution in [0.25, 0.3) is 0 Å². The number of methoxy groups -OCH3 is 2. The van der Waals surface area contributed by atoms with Gasteiger partial charge in [-0.25, -0.2) is 0 Å². The molecule has 14 heavy (non-hydrogen) atoms. The first-order chi connectivity index (χ1) is 6.54. The minimum atomic E-state index is 0.00824. The molecule has 2 heteroatoms. The fourth-order valence-corrected chi connectivity index (χ4v) is 1.89. The highest BCUT2D eigenvalue weighted by atomic mass is 16.5. The van der Waals surface area contributed by atoms with Crippen LogP contribution in [0.4, 0.5) is 0 Å². The van der Waals surface area contributed by atoms with E-state index in [9.17, 15) is 0 Å². The Kier molecular flexibility index (Phi) is 3.17. The summed E-state index contributed by atoms with van der Waals surface area (Å²) in [6, 6.07) is 0. The van der Waals surface area contributed by atoms with Gasteiger partial charge in [0.25, 0.3) is 0 Å². The molecule has 0 aromatic carbocycles. The van der Waals surface area contributed by atoms with Crippen LogP contribution in [0.3, 0.4) is 0 Å². The molecule has 0 aromatic heterocycles. The highest BCUT2D eigenvalue weighted by Gasteiger charge is 2.26. The Morgan fingerprint density at radius 3 is 2.07 bits per heavy atom. The Hall–Kier alpha value is -1.02. The first kappa shape index (κ1) is 11.1. The summed E-state index contributed by atoms with van der Waals surface area (Å²) in [4.78, 5) is 0. The number of rotatable bonds is 2. The first-order valence-corrected chi connectivity index (χ1v) is 4.69. The molecule has 0 radical (unpaired) electrons. The summed E-state index contributed by atoms with van der Waals surface area (Å²) in [6.45, 7) is 10.2. The number of hydrogen-bond donors (Lipinski definition) is 0. The zero-order valence-electron chi connectivity index (χ0n) is 9.60. The Balaban J connectivity index is 3.24. The first-order valence-electron chi connectivity index (χ1n) is 4.69. The molecule has 0 aromatic rings. The van der Waals surface area contributed by atoms with Crippen molar-refractivity contribution in [3.63, 3.8) is 0 Å². The van der Waals surface area contributed by atoms with Gasteiger partial charge in [-0.15, -0.1) is 0 Å². The van der Waals surface area contributed by atoms with E-state index in [-0.39, 0.29) is 6.10 Å². The Bertz CT molecular complexity index is 321. The molecule has 1 atom stereocenters. The second kappa shape index (κ2) is 4.01. The third-order valence-corrected chi connectivity index (χ3v) is 2.90. The van der Waals surface area contributed by atoms with Gasteiger partial charge in [0.05, 0.1) is 7.11 Å². The molecule has 2 nitrogen and oxygen atoms in total. The van der Waals surface area contributed by atoms with Crippen LogP contribution in [0.1, 0.15) is 20.8 Å². The van der Waals surface area contributed by atoms with Crippen LogP contribution < -0.4 is 0 Å². The summed E-state index contributed by atoms with van der Waals surface area (Å²) in [6.07, 6.45) is 0.00824. The van der Waals surface area contributed by atoms with Crippen molar-refractivity contribution in [1.82, 2.24) is 0 Å². The molecule has 0 aliphatic heterocycles. The van der Waals surface area contributed by atoms with E-state index in [1.165, 1.54) is 5.57 Å². The van der Waals surface area contributed by atoms with E-state index in [0.29, 0.717) is 0 Å². The summed E-state index contributed by atoms with van der Waals surface area (Å²) in [5, 5.41) is 0. The maximum atomic E-state index is 5.40. The molecular formula is C12H18O2. The van der Waals surface area contributed by atoms with Crippen molar-refractivity contribution in [2.45, 2.75) is 26.9 Å². The SMILES string of the molecule is C=C1C(C)=C(OC)C(C)=C(C)C1OC. The predicted octanol–water partition coefficient (Wildman–Crippen LogP) is 2.83. The summed E-state index contributed by atoms with van der Waals surface area (Å²) in [5.74, 6) is 0.931. The lowest BCUT2D eigenvalue weighted by Crippen LogP contribution is -2.22. The smallest absolute Gasteiger partial charge is 0.125 e. The monoisotopic (exact) mass is 194 g/mol. The quantitative estimate of drug-likeness (QED) is 0.673. The summed E-state index contributed by atoms with van der Waals surface area (Å²) >= 11 is 0. The van der Waals surface area contributed by atoms with Crippen molar-refractivity contribution in [3.05, 3.63) is 34.6 Å². The van der Waals surface area contributed by atoms with E-state index in [1.807, 2.05) is 6.92 Å². The van der Waals surface area contributed by atoms with Gasteiger partial charge in [-0.2, -0.15) is 0 Å². The summed E-state index contributed by atoms with van der Waals surface area (Å²) in [7, 11) is 3.40. The third-order valence-electron chi connectivity index (χ3n) is 2.90.